The van der Waals surface area contributed by atoms with E-state index in [0.717, 1.165) is 12.8 Å². The highest BCUT2D eigenvalue weighted by atomic mass is 32.2. The van der Waals surface area contributed by atoms with Crippen LogP contribution in [0.3, 0.4) is 0 Å². The third kappa shape index (κ3) is 4.33. The zero-order chi connectivity index (χ0) is 12.9. The zero-order valence-electron chi connectivity index (χ0n) is 9.54. The molecule has 0 aliphatic heterocycles. The van der Waals surface area contributed by atoms with Crippen LogP contribution in [0.4, 0.5) is 0 Å². The number of aliphatic hydroxyl groups excluding tert-OH is 1. The molecule has 0 bridgehead atoms. The molecule has 0 radical (unpaired) electrons. The number of ether oxygens (including phenoxy) is 1. The second-order valence-corrected chi connectivity index (χ2v) is 5.11. The molecule has 0 aromatic heterocycles. The first-order valence-electron chi connectivity index (χ1n) is 5.32. The molecule has 17 heavy (non-hydrogen) atoms. The monoisotopic (exact) mass is 260 g/mol. The van der Waals surface area contributed by atoms with Crippen molar-refractivity contribution in [1.82, 2.24) is 0 Å². The average molecular weight is 260 g/mol. The Morgan fingerprint density at radius 1 is 1.29 bits per heavy atom. The molecule has 1 aromatic carbocycles. The lowest BCUT2D eigenvalue weighted by Gasteiger charge is -2.09. The molecular formula is C11H16O5S. The highest BCUT2D eigenvalue weighted by Gasteiger charge is 2.21. The quantitative estimate of drug-likeness (QED) is 0.601. The SMILES string of the molecule is CCCCOc1ccc(C(O)S(=O)(=O)O)cc1. The van der Waals surface area contributed by atoms with Crippen molar-refractivity contribution in [3.63, 3.8) is 0 Å². The molecular weight excluding hydrogens is 244 g/mol. The Morgan fingerprint density at radius 2 is 1.88 bits per heavy atom. The van der Waals surface area contributed by atoms with Crippen LogP contribution in [0.2, 0.25) is 0 Å². The fourth-order valence-corrected chi connectivity index (χ4v) is 1.74. The molecule has 0 spiro atoms. The smallest absolute Gasteiger partial charge is 0.296 e. The van der Waals surface area contributed by atoms with Gasteiger partial charge < -0.3 is 9.84 Å². The van der Waals surface area contributed by atoms with Crippen molar-refractivity contribution in [2.24, 2.45) is 0 Å². The molecule has 5 nitrogen and oxygen atoms in total. The maximum absolute atomic E-state index is 10.7. The summed E-state index contributed by atoms with van der Waals surface area (Å²) < 4.78 is 35.4. The van der Waals surface area contributed by atoms with Crippen LogP contribution < -0.4 is 4.74 Å². The first-order chi connectivity index (χ1) is 7.95. The van der Waals surface area contributed by atoms with Gasteiger partial charge in [0, 0.05) is 0 Å². The maximum Gasteiger partial charge on any atom is 0.296 e. The van der Waals surface area contributed by atoms with Crippen molar-refractivity contribution in [2.45, 2.75) is 25.2 Å². The van der Waals surface area contributed by atoms with Crippen molar-refractivity contribution >= 4 is 10.1 Å². The topological polar surface area (TPSA) is 83.8 Å². The number of benzene rings is 1. The van der Waals surface area contributed by atoms with Crippen LogP contribution in [0, 0.1) is 0 Å². The van der Waals surface area contributed by atoms with E-state index in [1.807, 2.05) is 0 Å². The van der Waals surface area contributed by atoms with E-state index in [2.05, 4.69) is 6.92 Å². The molecule has 0 aliphatic carbocycles. The molecule has 1 rings (SSSR count). The second kappa shape index (κ2) is 6.00. The number of hydrogen-bond donors (Lipinski definition) is 2. The third-order valence-corrected chi connectivity index (χ3v) is 3.05. The van der Waals surface area contributed by atoms with E-state index in [9.17, 15) is 13.5 Å². The maximum atomic E-state index is 10.7. The van der Waals surface area contributed by atoms with E-state index in [4.69, 9.17) is 9.29 Å². The van der Waals surface area contributed by atoms with Crippen molar-refractivity contribution in [2.75, 3.05) is 6.61 Å². The van der Waals surface area contributed by atoms with Crippen LogP contribution in [0.5, 0.6) is 5.75 Å². The Kier molecular flexibility index (Phi) is 4.92. The highest BCUT2D eigenvalue weighted by Crippen LogP contribution is 2.21. The summed E-state index contributed by atoms with van der Waals surface area (Å²) in [6, 6.07) is 5.91. The minimum atomic E-state index is -4.47. The van der Waals surface area contributed by atoms with Gasteiger partial charge in [-0.15, -0.1) is 0 Å². The molecule has 1 aromatic rings. The Balaban J connectivity index is 2.68. The van der Waals surface area contributed by atoms with Gasteiger partial charge in [0.15, 0.2) is 0 Å². The van der Waals surface area contributed by atoms with Gasteiger partial charge in [0.25, 0.3) is 10.1 Å². The Morgan fingerprint density at radius 3 is 2.35 bits per heavy atom. The van der Waals surface area contributed by atoms with Crippen molar-refractivity contribution in [1.29, 1.82) is 0 Å². The molecule has 1 unspecified atom stereocenters. The molecule has 96 valence electrons. The van der Waals surface area contributed by atoms with Crippen LogP contribution in [-0.2, 0) is 10.1 Å². The second-order valence-electron chi connectivity index (χ2n) is 3.64. The minimum Gasteiger partial charge on any atom is -0.494 e. The standard InChI is InChI=1S/C11H16O5S/c1-2-3-8-16-10-6-4-9(5-7-10)11(12)17(13,14)15/h4-7,11-12H,2-3,8H2,1H3,(H,13,14,15). The summed E-state index contributed by atoms with van der Waals surface area (Å²) in [5.74, 6) is 0.602. The molecule has 6 heteroatoms. The van der Waals surface area contributed by atoms with Gasteiger partial charge in [0.2, 0.25) is 5.44 Å². The summed E-state index contributed by atoms with van der Waals surface area (Å²) in [5, 5.41) is 9.28. The average Bonchev–Trinajstić information content (AvgIpc) is 2.28. The summed E-state index contributed by atoms with van der Waals surface area (Å²) in [6.45, 7) is 2.64. The van der Waals surface area contributed by atoms with Gasteiger partial charge in [-0.3, -0.25) is 4.55 Å². The van der Waals surface area contributed by atoms with E-state index < -0.39 is 15.6 Å². The zero-order valence-corrected chi connectivity index (χ0v) is 10.4. The summed E-state index contributed by atoms with van der Waals surface area (Å²) in [5.41, 5.74) is -1.80. The molecule has 0 aliphatic rings. The summed E-state index contributed by atoms with van der Waals surface area (Å²) >= 11 is 0. The predicted octanol–water partition coefficient (Wildman–Crippen LogP) is 1.74. The van der Waals surface area contributed by atoms with E-state index in [1.54, 1.807) is 12.1 Å². The van der Waals surface area contributed by atoms with E-state index in [1.165, 1.54) is 12.1 Å². The van der Waals surface area contributed by atoms with E-state index >= 15 is 0 Å². The van der Waals surface area contributed by atoms with Crippen molar-refractivity contribution < 1.29 is 22.8 Å². The lowest BCUT2D eigenvalue weighted by Crippen LogP contribution is -2.11. The number of rotatable bonds is 6. The Labute approximate surface area is 101 Å². The summed E-state index contributed by atoms with van der Waals surface area (Å²) in [4.78, 5) is 0. The van der Waals surface area contributed by atoms with Gasteiger partial charge in [-0.25, -0.2) is 0 Å². The molecule has 0 saturated carbocycles. The first-order valence-corrected chi connectivity index (χ1v) is 6.82. The summed E-state index contributed by atoms with van der Waals surface area (Å²) in [7, 11) is -4.47. The predicted molar refractivity (Wildman–Crippen MR) is 63.4 cm³/mol. The minimum absolute atomic E-state index is 0.107. The number of aliphatic hydroxyl groups is 1. The van der Waals surface area contributed by atoms with Crippen LogP contribution >= 0.6 is 0 Å². The van der Waals surface area contributed by atoms with Gasteiger partial charge in [-0.05, 0) is 24.1 Å². The van der Waals surface area contributed by atoms with Crippen molar-refractivity contribution in [3.8, 4) is 5.75 Å². The lowest BCUT2D eigenvalue weighted by molar-refractivity contribution is 0.238. The number of hydrogen-bond acceptors (Lipinski definition) is 4. The lowest BCUT2D eigenvalue weighted by atomic mass is 10.2. The molecule has 2 N–H and O–H groups in total. The van der Waals surface area contributed by atoms with Gasteiger partial charge in [0.1, 0.15) is 5.75 Å². The largest absolute Gasteiger partial charge is 0.494 e. The van der Waals surface area contributed by atoms with Crippen molar-refractivity contribution in [3.05, 3.63) is 29.8 Å². The van der Waals surface area contributed by atoms with Gasteiger partial charge in [-0.1, -0.05) is 25.5 Å². The van der Waals surface area contributed by atoms with Gasteiger partial charge in [0.05, 0.1) is 6.61 Å². The van der Waals surface area contributed by atoms with Gasteiger partial charge >= 0.3 is 0 Å². The fraction of sp³-hybridized carbons (Fsp3) is 0.455. The number of unbranched alkanes of at least 4 members (excludes halogenated alkanes) is 1. The molecule has 0 amide bonds. The molecule has 1 atom stereocenters. The first kappa shape index (κ1) is 14.0. The fourth-order valence-electron chi connectivity index (χ4n) is 1.24. The van der Waals surface area contributed by atoms with Crippen LogP contribution in [0.15, 0.2) is 24.3 Å². The van der Waals surface area contributed by atoms with Crippen LogP contribution in [0.1, 0.15) is 30.8 Å². The summed E-state index contributed by atoms with van der Waals surface area (Å²) in [6.07, 6.45) is 1.97. The van der Waals surface area contributed by atoms with E-state index in [0.29, 0.717) is 12.4 Å². The Hall–Kier alpha value is -1.11. The van der Waals surface area contributed by atoms with E-state index in [-0.39, 0.29) is 5.56 Å². The van der Waals surface area contributed by atoms with Crippen LogP contribution in [-0.4, -0.2) is 24.7 Å². The molecule has 0 heterocycles. The molecule has 0 saturated heterocycles. The molecule has 0 fully saturated rings. The normalized spacial score (nSPS) is 13.4. The highest BCUT2D eigenvalue weighted by molar-refractivity contribution is 7.85. The third-order valence-electron chi connectivity index (χ3n) is 2.21. The van der Waals surface area contributed by atoms with Gasteiger partial charge in [-0.2, -0.15) is 8.42 Å². The van der Waals surface area contributed by atoms with Crippen LogP contribution in [0.25, 0.3) is 0 Å². The Bertz CT molecular complexity index is 437.